The maximum Gasteiger partial charge on any atom is 0.355 e. The predicted octanol–water partition coefficient (Wildman–Crippen LogP) is 4.11. The quantitative estimate of drug-likeness (QED) is 0.432. The average Bonchev–Trinajstić information content (AvgIpc) is 3.33. The summed E-state index contributed by atoms with van der Waals surface area (Å²) in [5.41, 5.74) is 2.38. The number of ether oxygens (including phenoxy) is 4. The van der Waals surface area contributed by atoms with Crippen LogP contribution in [0.25, 0.3) is 16.6 Å². The molecular formula is C26H21NO6. The third-order valence-corrected chi connectivity index (χ3v) is 5.68. The molecule has 1 aliphatic heterocycles. The first-order valence-electron chi connectivity index (χ1n) is 10.4. The molecule has 0 unspecified atom stereocenters. The van der Waals surface area contributed by atoms with Crippen molar-refractivity contribution in [3.8, 4) is 22.9 Å². The number of nitrogens with zero attached hydrogens (tertiary/aromatic N) is 1. The number of para-hydroxylation sites is 1. The number of carbonyl (C=O) groups excluding carboxylic acids is 1. The lowest BCUT2D eigenvalue weighted by molar-refractivity contribution is 0.0590. The van der Waals surface area contributed by atoms with Crippen LogP contribution < -0.4 is 19.6 Å². The second kappa shape index (κ2) is 8.35. The maximum atomic E-state index is 13.7. The molecule has 3 aromatic carbocycles. The Labute approximate surface area is 189 Å². The Morgan fingerprint density at radius 2 is 1.76 bits per heavy atom. The van der Waals surface area contributed by atoms with E-state index in [1.165, 1.54) is 7.11 Å². The summed E-state index contributed by atoms with van der Waals surface area (Å²) in [4.78, 5) is 26.8. The largest absolute Gasteiger partial charge is 0.497 e. The monoisotopic (exact) mass is 443 g/mol. The van der Waals surface area contributed by atoms with Crippen molar-refractivity contribution in [2.45, 2.75) is 6.42 Å². The standard InChI is InChI=1S/C26H21NO6/c1-30-18-9-10-21-19(14-18)25(28)20(12-16-8-11-22-23(13-16)33-15-32-22)24(26(29)31-2)27(21)17-6-4-3-5-7-17/h3-11,13-14H,12,15H2,1-2H3. The van der Waals surface area contributed by atoms with Crippen molar-refractivity contribution >= 4 is 16.9 Å². The third-order valence-electron chi connectivity index (χ3n) is 5.68. The molecule has 2 heterocycles. The van der Waals surface area contributed by atoms with E-state index in [1.54, 1.807) is 35.9 Å². The van der Waals surface area contributed by atoms with E-state index in [0.717, 1.165) is 11.3 Å². The molecule has 1 aromatic heterocycles. The Kier molecular flexibility index (Phi) is 5.22. The number of esters is 1. The van der Waals surface area contributed by atoms with Gasteiger partial charge in [-0.05, 0) is 48.0 Å². The number of carbonyl (C=O) groups is 1. The highest BCUT2D eigenvalue weighted by molar-refractivity contribution is 5.95. The summed E-state index contributed by atoms with van der Waals surface area (Å²) in [6.07, 6.45) is 0.208. The molecule has 0 fully saturated rings. The minimum atomic E-state index is -0.593. The summed E-state index contributed by atoms with van der Waals surface area (Å²) in [6, 6.07) is 20.1. The van der Waals surface area contributed by atoms with Crippen LogP contribution in [-0.4, -0.2) is 31.5 Å². The summed E-state index contributed by atoms with van der Waals surface area (Å²) in [7, 11) is 2.86. The van der Waals surface area contributed by atoms with Crippen molar-refractivity contribution in [1.29, 1.82) is 0 Å². The first kappa shape index (κ1) is 20.6. The molecule has 5 rings (SSSR count). The van der Waals surface area contributed by atoms with Crippen LogP contribution in [0.15, 0.2) is 71.5 Å². The molecule has 166 valence electrons. The summed E-state index contributed by atoms with van der Waals surface area (Å²) in [6.45, 7) is 0.156. The number of rotatable bonds is 5. The molecule has 0 bridgehead atoms. The lowest BCUT2D eigenvalue weighted by Gasteiger charge is -2.20. The van der Waals surface area contributed by atoms with Gasteiger partial charge in [-0.2, -0.15) is 0 Å². The molecule has 7 heteroatoms. The van der Waals surface area contributed by atoms with Crippen molar-refractivity contribution in [3.05, 3.63) is 93.8 Å². The second-order valence-corrected chi connectivity index (χ2v) is 7.57. The Morgan fingerprint density at radius 3 is 2.52 bits per heavy atom. The Bertz CT molecular complexity index is 1420. The van der Waals surface area contributed by atoms with Gasteiger partial charge in [-0.15, -0.1) is 0 Å². The van der Waals surface area contributed by atoms with Crippen LogP contribution in [0.3, 0.4) is 0 Å². The molecule has 0 spiro atoms. The van der Waals surface area contributed by atoms with Gasteiger partial charge in [0.25, 0.3) is 0 Å². The van der Waals surface area contributed by atoms with Crippen LogP contribution in [0, 0.1) is 0 Å². The van der Waals surface area contributed by atoms with Gasteiger partial charge in [-0.25, -0.2) is 4.79 Å². The third kappa shape index (κ3) is 3.57. The highest BCUT2D eigenvalue weighted by Crippen LogP contribution is 2.34. The van der Waals surface area contributed by atoms with Crippen LogP contribution in [0.2, 0.25) is 0 Å². The smallest absolute Gasteiger partial charge is 0.355 e. The molecule has 0 amide bonds. The molecule has 7 nitrogen and oxygen atoms in total. The fourth-order valence-electron chi connectivity index (χ4n) is 4.12. The molecule has 0 saturated carbocycles. The van der Waals surface area contributed by atoms with Crippen molar-refractivity contribution in [2.75, 3.05) is 21.0 Å². The summed E-state index contributed by atoms with van der Waals surface area (Å²) < 4.78 is 23.1. The molecule has 0 radical (unpaired) electrons. The minimum absolute atomic E-state index is 0.156. The van der Waals surface area contributed by atoms with Crippen molar-refractivity contribution in [2.24, 2.45) is 0 Å². The van der Waals surface area contributed by atoms with Gasteiger partial charge in [0.2, 0.25) is 6.79 Å². The highest BCUT2D eigenvalue weighted by atomic mass is 16.7. The van der Waals surface area contributed by atoms with E-state index >= 15 is 0 Å². The number of fused-ring (bicyclic) bond motifs is 2. The van der Waals surface area contributed by atoms with Gasteiger partial charge in [0.05, 0.1) is 25.1 Å². The van der Waals surface area contributed by atoms with Crippen LogP contribution in [0.1, 0.15) is 21.6 Å². The molecule has 4 aromatic rings. The lowest BCUT2D eigenvalue weighted by Crippen LogP contribution is -2.24. The molecule has 0 N–H and O–H groups in total. The Hall–Kier alpha value is -4.26. The van der Waals surface area contributed by atoms with Gasteiger partial charge in [0, 0.05) is 17.7 Å². The molecular weight excluding hydrogens is 422 g/mol. The lowest BCUT2D eigenvalue weighted by atomic mass is 9.99. The van der Waals surface area contributed by atoms with E-state index in [0.29, 0.717) is 33.7 Å². The Morgan fingerprint density at radius 1 is 0.970 bits per heavy atom. The maximum absolute atomic E-state index is 13.7. The number of hydrogen-bond acceptors (Lipinski definition) is 6. The zero-order valence-electron chi connectivity index (χ0n) is 18.2. The van der Waals surface area contributed by atoms with Gasteiger partial charge >= 0.3 is 5.97 Å². The van der Waals surface area contributed by atoms with Crippen LogP contribution in [0.5, 0.6) is 17.2 Å². The van der Waals surface area contributed by atoms with Gasteiger partial charge in [-0.1, -0.05) is 24.3 Å². The SMILES string of the molecule is COC(=O)c1c(Cc2ccc3c(c2)OCO3)c(=O)c2cc(OC)ccc2n1-c1ccccc1. The number of hydrogen-bond donors (Lipinski definition) is 0. The minimum Gasteiger partial charge on any atom is -0.497 e. The number of methoxy groups -OCH3 is 2. The normalized spacial score (nSPS) is 12.1. The predicted molar refractivity (Wildman–Crippen MR) is 123 cm³/mol. The first-order chi connectivity index (χ1) is 16.1. The fraction of sp³-hybridized carbons (Fsp3) is 0.154. The van der Waals surface area contributed by atoms with E-state index in [1.807, 2.05) is 42.5 Å². The van der Waals surface area contributed by atoms with E-state index in [4.69, 9.17) is 18.9 Å². The Balaban J connectivity index is 1.82. The van der Waals surface area contributed by atoms with Gasteiger partial charge < -0.3 is 23.5 Å². The number of benzene rings is 3. The summed E-state index contributed by atoms with van der Waals surface area (Å²) >= 11 is 0. The molecule has 1 aliphatic rings. The average molecular weight is 443 g/mol. The molecule has 0 aliphatic carbocycles. The van der Waals surface area contributed by atoms with E-state index < -0.39 is 5.97 Å². The van der Waals surface area contributed by atoms with Crippen LogP contribution >= 0.6 is 0 Å². The zero-order chi connectivity index (χ0) is 22.9. The molecule has 0 saturated heterocycles. The summed E-state index contributed by atoms with van der Waals surface area (Å²) in [5, 5.41) is 0.446. The first-order valence-corrected chi connectivity index (χ1v) is 10.4. The van der Waals surface area contributed by atoms with Crippen LogP contribution in [-0.2, 0) is 11.2 Å². The summed E-state index contributed by atoms with van der Waals surface area (Å²) in [5.74, 6) is 1.22. The van der Waals surface area contributed by atoms with Gasteiger partial charge in [0.15, 0.2) is 16.9 Å². The van der Waals surface area contributed by atoms with E-state index in [2.05, 4.69) is 0 Å². The number of pyridine rings is 1. The molecule has 33 heavy (non-hydrogen) atoms. The van der Waals surface area contributed by atoms with Crippen molar-refractivity contribution < 1.29 is 23.7 Å². The van der Waals surface area contributed by atoms with E-state index in [-0.39, 0.29) is 24.3 Å². The van der Waals surface area contributed by atoms with E-state index in [9.17, 15) is 9.59 Å². The number of aromatic nitrogens is 1. The fourth-order valence-corrected chi connectivity index (χ4v) is 4.12. The van der Waals surface area contributed by atoms with Gasteiger partial charge in [-0.3, -0.25) is 4.79 Å². The van der Waals surface area contributed by atoms with Crippen molar-refractivity contribution in [3.63, 3.8) is 0 Å². The second-order valence-electron chi connectivity index (χ2n) is 7.57. The highest BCUT2D eigenvalue weighted by Gasteiger charge is 2.25. The van der Waals surface area contributed by atoms with Crippen LogP contribution in [0.4, 0.5) is 0 Å². The van der Waals surface area contributed by atoms with Crippen molar-refractivity contribution in [1.82, 2.24) is 4.57 Å². The van der Waals surface area contributed by atoms with Gasteiger partial charge in [0.1, 0.15) is 11.4 Å². The topological polar surface area (TPSA) is 76.0 Å². The molecule has 0 atom stereocenters. The zero-order valence-corrected chi connectivity index (χ0v) is 18.2.